The van der Waals surface area contributed by atoms with Crippen LogP contribution in [0.25, 0.3) is 24.3 Å². The highest BCUT2D eigenvalue weighted by molar-refractivity contribution is 8.76. The maximum absolute atomic E-state index is 13.2. The van der Waals surface area contributed by atoms with Gasteiger partial charge in [-0.05, 0) is 60.4 Å². The molecule has 4 aromatic rings. The number of aliphatic hydroxyl groups is 4. The summed E-state index contributed by atoms with van der Waals surface area (Å²) in [5, 5.41) is 45.3. The summed E-state index contributed by atoms with van der Waals surface area (Å²) >= 11 is 0. The summed E-state index contributed by atoms with van der Waals surface area (Å²) in [7, 11) is 2.79. The van der Waals surface area contributed by atoms with E-state index >= 15 is 0 Å². The highest BCUT2D eigenvalue weighted by Crippen LogP contribution is 2.28. The molecular weight excluding hydrogens is 885 g/mol. The van der Waals surface area contributed by atoms with Crippen LogP contribution in [0.1, 0.15) is 36.1 Å². The molecule has 0 aliphatic carbocycles. The van der Waals surface area contributed by atoms with E-state index in [0.29, 0.717) is 31.9 Å². The number of amides is 2. The highest BCUT2D eigenvalue weighted by atomic mass is 33.1. The third-order valence-electron chi connectivity index (χ3n) is 11.3. The summed E-state index contributed by atoms with van der Waals surface area (Å²) in [5.41, 5.74) is 5.76. The summed E-state index contributed by atoms with van der Waals surface area (Å²) in [5.74, 6) is -0.477. The van der Waals surface area contributed by atoms with Gasteiger partial charge in [-0.15, -0.1) is 0 Å². The maximum atomic E-state index is 13.2. The number of carbonyl (C=O) groups excluding carboxylic acids is 3. The number of pyridine rings is 2. The molecule has 5 heterocycles. The van der Waals surface area contributed by atoms with E-state index in [0.717, 1.165) is 33.6 Å². The van der Waals surface area contributed by atoms with Crippen molar-refractivity contribution in [3.8, 4) is 0 Å². The molecule has 6 N–H and O–H groups in total. The standard InChI is InChI=1S/C48H56N6O10S2/c1-3-62-47(61)39(49-45(59)28-51-20-16-35(17-21-51)6-4-33-8-12-37(13-9-33)53-24-41(55)42(56)25-53)30-65-66-31-40(48-63-32(2)64-48)50-46(60)29-52-22-18-36(19-23-52)7-5-34-10-14-38(15-11-34)54-26-43(57)44(58)27-54/h4-23,32,39-44,48,55-58H,3,24-31H2,1-2H3/p+2. The zero-order chi connectivity index (χ0) is 46.6. The van der Waals surface area contributed by atoms with Crippen LogP contribution in [-0.4, -0.2) is 132 Å². The molecule has 0 radical (unpaired) electrons. The maximum Gasteiger partial charge on any atom is 0.329 e. The molecule has 3 aliphatic heterocycles. The fourth-order valence-electron chi connectivity index (χ4n) is 7.55. The van der Waals surface area contributed by atoms with Crippen LogP contribution in [-0.2, 0) is 41.7 Å². The number of ether oxygens (including phenoxy) is 3. The van der Waals surface area contributed by atoms with Crippen molar-refractivity contribution in [1.29, 1.82) is 0 Å². The van der Waals surface area contributed by atoms with E-state index in [1.165, 1.54) is 21.6 Å². The van der Waals surface area contributed by atoms with Gasteiger partial charge in [0.2, 0.25) is 13.1 Å². The topological polar surface area (TPSA) is 198 Å². The zero-order valence-electron chi connectivity index (χ0n) is 36.9. The highest BCUT2D eigenvalue weighted by Gasteiger charge is 2.36. The van der Waals surface area contributed by atoms with Gasteiger partial charge in [-0.1, -0.05) is 70.2 Å². The first-order chi connectivity index (χ1) is 31.9. The Hall–Kier alpha value is -5.31. The number of carbonyl (C=O) groups is 3. The molecule has 2 amide bonds. The molecule has 0 spiro atoms. The summed E-state index contributed by atoms with van der Waals surface area (Å²) in [6, 6.07) is 22.0. The fourth-order valence-corrected chi connectivity index (χ4v) is 9.91. The van der Waals surface area contributed by atoms with Gasteiger partial charge in [0.25, 0.3) is 11.8 Å². The van der Waals surface area contributed by atoms with Crippen LogP contribution in [0.15, 0.2) is 97.6 Å². The third kappa shape index (κ3) is 13.9. The molecule has 0 bridgehead atoms. The van der Waals surface area contributed by atoms with E-state index in [1.807, 2.05) is 119 Å². The molecule has 18 heteroatoms. The van der Waals surface area contributed by atoms with Crippen molar-refractivity contribution in [2.45, 2.75) is 76.0 Å². The largest absolute Gasteiger partial charge is 0.464 e. The fraction of sp³-hybridized carbons (Fsp3) is 0.396. The molecule has 66 heavy (non-hydrogen) atoms. The van der Waals surface area contributed by atoms with E-state index in [4.69, 9.17) is 14.2 Å². The van der Waals surface area contributed by atoms with E-state index in [1.54, 1.807) is 35.4 Å². The van der Waals surface area contributed by atoms with Crippen LogP contribution in [0.4, 0.5) is 11.4 Å². The Bertz CT molecular complexity index is 2260. The van der Waals surface area contributed by atoms with Gasteiger partial charge in [-0.2, -0.15) is 9.13 Å². The lowest BCUT2D eigenvalue weighted by Crippen LogP contribution is -2.57. The molecule has 2 aromatic heterocycles. The number of hydrogen-bond donors (Lipinski definition) is 6. The number of nitrogens with one attached hydrogen (secondary N) is 2. The van der Waals surface area contributed by atoms with Crippen molar-refractivity contribution in [2.75, 3.05) is 54.1 Å². The van der Waals surface area contributed by atoms with Crippen LogP contribution < -0.4 is 29.6 Å². The third-order valence-corrected chi connectivity index (χ3v) is 13.7. The summed E-state index contributed by atoms with van der Waals surface area (Å²) in [4.78, 5) is 43.2. The Kier molecular flexibility index (Phi) is 17.3. The number of β-amino-alcohol motifs (C(OH)–C–C–N with tert-alkyl or cyclic N) is 4. The molecule has 350 valence electrons. The molecular formula is C48H58N6O10S2+2. The van der Waals surface area contributed by atoms with Crippen LogP contribution in [0.2, 0.25) is 0 Å². The second-order valence-electron chi connectivity index (χ2n) is 16.4. The van der Waals surface area contributed by atoms with Crippen molar-refractivity contribution in [2.24, 2.45) is 0 Å². The number of anilines is 2. The monoisotopic (exact) mass is 942 g/mol. The van der Waals surface area contributed by atoms with Gasteiger partial charge >= 0.3 is 5.97 Å². The molecule has 7 rings (SSSR count). The summed E-state index contributed by atoms with van der Waals surface area (Å²) in [6.45, 7) is 5.32. The van der Waals surface area contributed by atoms with Crippen molar-refractivity contribution in [3.05, 3.63) is 120 Å². The lowest BCUT2D eigenvalue weighted by molar-refractivity contribution is -0.684. The first kappa shape index (κ1) is 48.6. The number of esters is 1. The van der Waals surface area contributed by atoms with Crippen LogP contribution >= 0.6 is 21.6 Å². The molecule has 16 nitrogen and oxygen atoms in total. The van der Waals surface area contributed by atoms with Crippen molar-refractivity contribution in [3.63, 3.8) is 0 Å². The van der Waals surface area contributed by atoms with Gasteiger partial charge in [0.05, 0.1) is 37.1 Å². The van der Waals surface area contributed by atoms with E-state index < -0.39 is 48.8 Å². The molecule has 6 atom stereocenters. The minimum atomic E-state index is -0.893. The average molecular weight is 943 g/mol. The number of hydrogen-bond acceptors (Lipinski definition) is 14. The second-order valence-corrected chi connectivity index (χ2v) is 18.9. The second kappa shape index (κ2) is 23.4. The predicted octanol–water partition coefficient (Wildman–Crippen LogP) is 2.02. The van der Waals surface area contributed by atoms with E-state index in [2.05, 4.69) is 10.6 Å². The predicted molar refractivity (Wildman–Crippen MR) is 253 cm³/mol. The molecule has 2 aromatic carbocycles. The van der Waals surface area contributed by atoms with Gasteiger partial charge in [-0.3, -0.25) is 9.59 Å². The normalized spacial score (nSPS) is 22.6. The Labute approximate surface area is 392 Å². The minimum absolute atomic E-state index is 0.00625. The smallest absolute Gasteiger partial charge is 0.329 e. The van der Waals surface area contributed by atoms with Gasteiger partial charge in [0.15, 0.2) is 37.4 Å². The SMILES string of the molecule is CCOC(=O)C(CSSCC(NC(=O)C[n+]1ccc(/C=C/c2ccc(N3CC(O)C(O)C3)cc2)cc1)C1OC(C)O1)NC(=O)C[n+]1ccc(/C=C/c2ccc(N3CC(O)C(O)C3)cc2)cc1. The Morgan fingerprint density at radius 1 is 0.652 bits per heavy atom. The number of aromatic nitrogens is 2. The molecule has 3 aliphatic rings. The number of benzene rings is 2. The summed E-state index contributed by atoms with van der Waals surface area (Å²) < 4.78 is 20.3. The number of aliphatic hydroxyl groups excluding tert-OH is 4. The molecule has 3 fully saturated rings. The number of nitrogens with zero attached hydrogens (tertiary/aromatic N) is 4. The number of rotatable bonds is 20. The first-order valence-electron chi connectivity index (χ1n) is 22.0. The van der Waals surface area contributed by atoms with Gasteiger partial charge in [0, 0.05) is 73.3 Å². The van der Waals surface area contributed by atoms with Gasteiger partial charge < -0.3 is 55.1 Å². The first-order valence-corrected chi connectivity index (χ1v) is 24.4. The van der Waals surface area contributed by atoms with Crippen LogP contribution in [0, 0.1) is 0 Å². The average Bonchev–Trinajstić information content (AvgIpc) is 3.83. The molecule has 6 unspecified atom stereocenters. The van der Waals surface area contributed by atoms with Crippen LogP contribution in [0.5, 0.6) is 0 Å². The molecule has 3 saturated heterocycles. The quantitative estimate of drug-likeness (QED) is 0.0326. The van der Waals surface area contributed by atoms with Crippen molar-refractivity contribution in [1.82, 2.24) is 10.6 Å². The van der Waals surface area contributed by atoms with Crippen LogP contribution in [0.3, 0.4) is 0 Å². The zero-order valence-corrected chi connectivity index (χ0v) is 38.5. The van der Waals surface area contributed by atoms with Gasteiger partial charge in [-0.25, -0.2) is 4.79 Å². The minimum Gasteiger partial charge on any atom is -0.464 e. The van der Waals surface area contributed by atoms with E-state index in [-0.39, 0.29) is 43.6 Å². The van der Waals surface area contributed by atoms with Gasteiger partial charge in [0.1, 0.15) is 6.04 Å². The van der Waals surface area contributed by atoms with Crippen molar-refractivity contribution >= 4 is 75.1 Å². The Morgan fingerprint density at radius 2 is 1.05 bits per heavy atom. The Balaban J connectivity index is 0.844. The lowest BCUT2D eigenvalue weighted by Gasteiger charge is -2.38. The van der Waals surface area contributed by atoms with E-state index in [9.17, 15) is 34.8 Å². The lowest BCUT2D eigenvalue weighted by atomic mass is 10.1. The van der Waals surface area contributed by atoms with Crippen molar-refractivity contribution < 1.29 is 58.2 Å². The summed E-state index contributed by atoms with van der Waals surface area (Å²) in [6.07, 6.45) is 11.2. The Morgan fingerprint density at radius 3 is 1.45 bits per heavy atom. The molecule has 0 saturated carbocycles.